The van der Waals surface area contributed by atoms with Crippen LogP contribution in [0.2, 0.25) is 0 Å². The number of nitrogens with zero attached hydrogens (tertiary/aromatic N) is 1. The SMILES string of the molecule is CC(C)(C)OC(=O)NCCCCNCc1ccc(N(CCCl)CCCl)cc1. The summed E-state index contributed by atoms with van der Waals surface area (Å²) in [5.74, 6) is 1.17. The number of rotatable bonds is 12. The number of nitrogens with one attached hydrogen (secondary N) is 2. The lowest BCUT2D eigenvalue weighted by Gasteiger charge is -2.23. The molecule has 0 heterocycles. The molecule has 1 aromatic rings. The highest BCUT2D eigenvalue weighted by Gasteiger charge is 2.15. The summed E-state index contributed by atoms with van der Waals surface area (Å²) in [7, 11) is 0. The van der Waals surface area contributed by atoms with Crippen LogP contribution in [0.4, 0.5) is 10.5 Å². The van der Waals surface area contributed by atoms with E-state index < -0.39 is 5.60 Å². The third-order valence-electron chi connectivity index (χ3n) is 3.79. The fourth-order valence-electron chi connectivity index (χ4n) is 2.51. The van der Waals surface area contributed by atoms with Crippen LogP contribution >= 0.6 is 23.2 Å². The monoisotopic (exact) mass is 417 g/mol. The van der Waals surface area contributed by atoms with E-state index in [1.165, 1.54) is 5.56 Å². The molecule has 7 heteroatoms. The van der Waals surface area contributed by atoms with Crippen LogP contribution in [0, 0.1) is 0 Å². The van der Waals surface area contributed by atoms with Crippen LogP contribution < -0.4 is 15.5 Å². The van der Waals surface area contributed by atoms with E-state index in [2.05, 4.69) is 39.8 Å². The Bertz CT molecular complexity index is 527. The van der Waals surface area contributed by atoms with Gasteiger partial charge in [-0.15, -0.1) is 23.2 Å². The molecule has 0 saturated carbocycles. The largest absolute Gasteiger partial charge is 0.444 e. The quantitative estimate of drug-likeness (QED) is 0.391. The normalized spacial score (nSPS) is 11.3. The van der Waals surface area contributed by atoms with Crippen molar-refractivity contribution in [3.8, 4) is 0 Å². The molecule has 0 atom stereocenters. The third-order valence-corrected chi connectivity index (χ3v) is 4.13. The molecule has 0 unspecified atom stereocenters. The van der Waals surface area contributed by atoms with E-state index in [0.717, 1.165) is 44.7 Å². The summed E-state index contributed by atoms with van der Waals surface area (Å²) in [6.45, 7) is 9.52. The lowest BCUT2D eigenvalue weighted by molar-refractivity contribution is 0.0527. The molecule has 1 rings (SSSR count). The second kappa shape index (κ2) is 13.1. The second-order valence-corrected chi connectivity index (χ2v) is 8.10. The molecule has 27 heavy (non-hydrogen) atoms. The maximum atomic E-state index is 11.5. The number of anilines is 1. The molecule has 2 N–H and O–H groups in total. The van der Waals surface area contributed by atoms with E-state index in [4.69, 9.17) is 27.9 Å². The first-order valence-corrected chi connectivity index (χ1v) is 10.6. The van der Waals surface area contributed by atoms with Gasteiger partial charge in [-0.25, -0.2) is 4.79 Å². The molecule has 0 spiro atoms. The summed E-state index contributed by atoms with van der Waals surface area (Å²) < 4.78 is 5.20. The van der Waals surface area contributed by atoms with Gasteiger partial charge < -0.3 is 20.3 Å². The van der Waals surface area contributed by atoms with Gasteiger partial charge >= 0.3 is 6.09 Å². The number of halogens is 2. The highest BCUT2D eigenvalue weighted by atomic mass is 35.5. The van der Waals surface area contributed by atoms with Crippen molar-refractivity contribution in [2.24, 2.45) is 0 Å². The minimum absolute atomic E-state index is 0.354. The van der Waals surface area contributed by atoms with Gasteiger partial charge in [0.15, 0.2) is 0 Å². The molecule has 0 radical (unpaired) electrons. The predicted molar refractivity (Wildman–Crippen MR) is 115 cm³/mol. The van der Waals surface area contributed by atoms with Gasteiger partial charge in [-0.3, -0.25) is 0 Å². The van der Waals surface area contributed by atoms with Crippen molar-refractivity contribution in [1.29, 1.82) is 0 Å². The number of carbonyl (C=O) groups excluding carboxylic acids is 1. The van der Waals surface area contributed by atoms with Gasteiger partial charge in [0.25, 0.3) is 0 Å². The molecule has 0 bridgehead atoms. The zero-order valence-electron chi connectivity index (χ0n) is 16.7. The summed E-state index contributed by atoms with van der Waals surface area (Å²) in [4.78, 5) is 13.7. The number of benzene rings is 1. The fraction of sp³-hybridized carbons (Fsp3) is 0.650. The summed E-state index contributed by atoms with van der Waals surface area (Å²) in [6.07, 6.45) is 1.55. The Hall–Kier alpha value is -1.17. The van der Waals surface area contributed by atoms with Crippen LogP contribution in [-0.2, 0) is 11.3 Å². The summed E-state index contributed by atoms with van der Waals surface area (Å²) in [5.41, 5.74) is 1.93. The summed E-state index contributed by atoms with van der Waals surface area (Å²) in [5, 5.41) is 6.20. The molecule has 1 amide bonds. The van der Waals surface area contributed by atoms with Gasteiger partial charge in [-0.2, -0.15) is 0 Å². The van der Waals surface area contributed by atoms with E-state index in [-0.39, 0.29) is 6.09 Å². The fourth-order valence-corrected chi connectivity index (χ4v) is 2.92. The van der Waals surface area contributed by atoms with E-state index in [0.29, 0.717) is 18.3 Å². The van der Waals surface area contributed by atoms with Crippen molar-refractivity contribution in [3.63, 3.8) is 0 Å². The van der Waals surface area contributed by atoms with Gasteiger partial charge in [0.05, 0.1) is 0 Å². The van der Waals surface area contributed by atoms with Gasteiger partial charge in [-0.05, 0) is 57.9 Å². The number of alkyl carbamates (subject to hydrolysis) is 1. The first kappa shape index (κ1) is 23.9. The molecule has 0 aliphatic rings. The van der Waals surface area contributed by atoms with Gasteiger partial charge in [-0.1, -0.05) is 12.1 Å². The van der Waals surface area contributed by atoms with Gasteiger partial charge in [0, 0.05) is 43.6 Å². The van der Waals surface area contributed by atoms with Gasteiger partial charge in [0.2, 0.25) is 0 Å². The lowest BCUT2D eigenvalue weighted by atomic mass is 10.2. The van der Waals surface area contributed by atoms with Crippen LogP contribution in [0.1, 0.15) is 39.2 Å². The topological polar surface area (TPSA) is 53.6 Å². The van der Waals surface area contributed by atoms with Crippen molar-refractivity contribution < 1.29 is 9.53 Å². The van der Waals surface area contributed by atoms with Gasteiger partial charge in [0.1, 0.15) is 5.60 Å². The Labute approximate surface area is 173 Å². The third kappa shape index (κ3) is 11.3. The molecule has 0 aliphatic heterocycles. The highest BCUT2D eigenvalue weighted by molar-refractivity contribution is 6.18. The lowest BCUT2D eigenvalue weighted by Crippen LogP contribution is -2.33. The van der Waals surface area contributed by atoms with Crippen LogP contribution in [0.5, 0.6) is 0 Å². The van der Waals surface area contributed by atoms with Crippen LogP contribution in [0.3, 0.4) is 0 Å². The second-order valence-electron chi connectivity index (χ2n) is 7.34. The maximum absolute atomic E-state index is 11.5. The van der Waals surface area contributed by atoms with Crippen LogP contribution in [0.15, 0.2) is 24.3 Å². The molecule has 154 valence electrons. The Morgan fingerprint density at radius 1 is 1.04 bits per heavy atom. The van der Waals surface area contributed by atoms with Crippen molar-refractivity contribution >= 4 is 35.0 Å². The molecule has 1 aromatic carbocycles. The standard InChI is InChI=1S/C20H33Cl2N3O2/c1-20(2,3)27-19(26)24-13-5-4-12-23-16-17-6-8-18(9-7-17)25(14-10-21)15-11-22/h6-9,23H,4-5,10-16H2,1-3H3,(H,24,26). The summed E-state index contributed by atoms with van der Waals surface area (Å²) >= 11 is 11.7. The number of carbonyl (C=O) groups is 1. The number of hydrogen-bond acceptors (Lipinski definition) is 4. The van der Waals surface area contributed by atoms with E-state index in [1.807, 2.05) is 20.8 Å². The first-order chi connectivity index (χ1) is 12.9. The number of hydrogen-bond donors (Lipinski definition) is 2. The molecule has 5 nitrogen and oxygen atoms in total. The van der Waals surface area contributed by atoms with E-state index in [9.17, 15) is 4.79 Å². The Kier molecular flexibility index (Phi) is 11.6. The maximum Gasteiger partial charge on any atom is 0.407 e. The zero-order valence-corrected chi connectivity index (χ0v) is 18.2. The Morgan fingerprint density at radius 3 is 2.19 bits per heavy atom. The Balaban J connectivity index is 2.19. The van der Waals surface area contributed by atoms with Crippen molar-refractivity contribution in [1.82, 2.24) is 10.6 Å². The first-order valence-electron chi connectivity index (χ1n) is 9.49. The number of ether oxygens (including phenoxy) is 1. The van der Waals surface area contributed by atoms with Crippen molar-refractivity contribution in [2.75, 3.05) is 42.8 Å². The summed E-state index contributed by atoms with van der Waals surface area (Å²) in [6, 6.07) is 8.48. The minimum atomic E-state index is -0.452. The number of unbranched alkanes of at least 4 members (excludes halogenated alkanes) is 1. The zero-order chi connectivity index (χ0) is 20.1. The van der Waals surface area contributed by atoms with E-state index >= 15 is 0 Å². The van der Waals surface area contributed by atoms with Crippen molar-refractivity contribution in [2.45, 2.75) is 45.8 Å². The molecular weight excluding hydrogens is 385 g/mol. The van der Waals surface area contributed by atoms with Crippen molar-refractivity contribution in [3.05, 3.63) is 29.8 Å². The number of alkyl halides is 2. The molecule has 0 fully saturated rings. The Morgan fingerprint density at radius 2 is 1.63 bits per heavy atom. The van der Waals surface area contributed by atoms with E-state index in [1.54, 1.807) is 0 Å². The molecule has 0 aliphatic carbocycles. The molecule has 0 saturated heterocycles. The molecule has 0 aromatic heterocycles. The van der Waals surface area contributed by atoms with Crippen LogP contribution in [-0.4, -0.2) is 49.6 Å². The molecular formula is C20H33Cl2N3O2. The number of amides is 1. The highest BCUT2D eigenvalue weighted by Crippen LogP contribution is 2.15. The average molecular weight is 418 g/mol. The van der Waals surface area contributed by atoms with Crippen LogP contribution in [0.25, 0.3) is 0 Å². The smallest absolute Gasteiger partial charge is 0.407 e. The average Bonchev–Trinajstić information content (AvgIpc) is 2.60. The minimum Gasteiger partial charge on any atom is -0.444 e. The predicted octanol–water partition coefficient (Wildman–Crippen LogP) is 4.37.